The van der Waals surface area contributed by atoms with Crippen molar-refractivity contribution in [2.75, 3.05) is 6.54 Å². The topological polar surface area (TPSA) is 42.2 Å². The second kappa shape index (κ2) is 5.78. The van der Waals surface area contributed by atoms with Crippen molar-refractivity contribution in [2.24, 2.45) is 0 Å². The van der Waals surface area contributed by atoms with Crippen LogP contribution in [0.1, 0.15) is 47.8 Å². The lowest BCUT2D eigenvalue weighted by Crippen LogP contribution is -2.22. The van der Waals surface area contributed by atoms with Crippen molar-refractivity contribution in [3.05, 3.63) is 65.1 Å². The second-order valence-corrected chi connectivity index (χ2v) is 6.52. The van der Waals surface area contributed by atoms with E-state index in [1.807, 2.05) is 24.4 Å². The summed E-state index contributed by atoms with van der Waals surface area (Å²) < 4.78 is 2.07. The maximum atomic E-state index is 4.31. The maximum absolute atomic E-state index is 4.31. The lowest BCUT2D eigenvalue weighted by molar-refractivity contribution is 0.504. The molecule has 0 amide bonds. The molecule has 0 unspecified atom stereocenters. The molecular formula is C19H22N4. The van der Waals surface area contributed by atoms with E-state index in [1.54, 1.807) is 0 Å². The largest absolute Gasteiger partial charge is 0.309 e. The van der Waals surface area contributed by atoms with Crippen molar-refractivity contribution >= 4 is 5.65 Å². The summed E-state index contributed by atoms with van der Waals surface area (Å²) in [4.78, 5) is 0. The Kier molecular flexibility index (Phi) is 3.62. The summed E-state index contributed by atoms with van der Waals surface area (Å²) in [6.07, 6.45) is 4.10. The minimum Gasteiger partial charge on any atom is -0.309 e. The van der Waals surface area contributed by atoms with Gasteiger partial charge in [0.1, 0.15) is 5.82 Å². The summed E-state index contributed by atoms with van der Waals surface area (Å²) in [5.74, 6) is 1.65. The van der Waals surface area contributed by atoms with Gasteiger partial charge in [0.15, 0.2) is 5.65 Å². The molecule has 0 saturated carbocycles. The Balaban J connectivity index is 1.46. The zero-order valence-electron chi connectivity index (χ0n) is 13.7. The van der Waals surface area contributed by atoms with Gasteiger partial charge in [-0.15, -0.1) is 10.2 Å². The van der Waals surface area contributed by atoms with E-state index in [1.165, 1.54) is 23.1 Å². The van der Waals surface area contributed by atoms with E-state index < -0.39 is 0 Å². The summed E-state index contributed by atoms with van der Waals surface area (Å²) in [5, 5.41) is 12.2. The van der Waals surface area contributed by atoms with Gasteiger partial charge in [0.2, 0.25) is 0 Å². The lowest BCUT2D eigenvalue weighted by Gasteiger charge is -2.14. The number of rotatable bonds is 4. The molecule has 1 aliphatic carbocycles. The maximum Gasteiger partial charge on any atom is 0.160 e. The van der Waals surface area contributed by atoms with Crippen LogP contribution in [0.5, 0.6) is 0 Å². The van der Waals surface area contributed by atoms with Crippen LogP contribution in [0.25, 0.3) is 5.65 Å². The van der Waals surface area contributed by atoms with Gasteiger partial charge in [0, 0.05) is 25.2 Å². The molecule has 4 nitrogen and oxygen atoms in total. The van der Waals surface area contributed by atoms with Gasteiger partial charge < -0.3 is 5.32 Å². The Bertz CT molecular complexity index is 836. The van der Waals surface area contributed by atoms with E-state index in [4.69, 9.17) is 0 Å². The fourth-order valence-electron chi connectivity index (χ4n) is 3.89. The summed E-state index contributed by atoms with van der Waals surface area (Å²) in [6.45, 7) is 5.47. The lowest BCUT2D eigenvalue weighted by atomic mass is 9.98. The van der Waals surface area contributed by atoms with E-state index in [0.29, 0.717) is 12.0 Å². The molecule has 3 aromatic rings. The average molecular weight is 306 g/mol. The number of nitrogens with zero attached hydrogens (tertiary/aromatic N) is 3. The highest BCUT2D eigenvalue weighted by Crippen LogP contribution is 2.41. The van der Waals surface area contributed by atoms with Crippen molar-refractivity contribution in [3.8, 4) is 0 Å². The number of aromatic nitrogens is 3. The molecule has 0 spiro atoms. The van der Waals surface area contributed by atoms with Crippen LogP contribution in [0.15, 0.2) is 42.6 Å². The number of hydrogen-bond donors (Lipinski definition) is 1. The molecule has 1 aliphatic rings. The fourth-order valence-corrected chi connectivity index (χ4v) is 3.89. The van der Waals surface area contributed by atoms with E-state index in [2.05, 4.69) is 52.0 Å². The van der Waals surface area contributed by atoms with Crippen LogP contribution in [0.2, 0.25) is 0 Å². The molecule has 2 atom stereocenters. The van der Waals surface area contributed by atoms with Crippen LogP contribution in [0.4, 0.5) is 0 Å². The third-order valence-electron chi connectivity index (χ3n) is 4.94. The highest BCUT2D eigenvalue weighted by molar-refractivity contribution is 5.43. The standard InChI is InChI=1S/C19H22N4/c1-13-6-5-7-15-16(12-14(2)19(13)15)20-10-9-18-22-21-17-8-3-4-11-23(17)18/h3-8,11,14,16,20H,9-10,12H2,1-2H3/t14-,16+/m0/s1. The van der Waals surface area contributed by atoms with Gasteiger partial charge >= 0.3 is 0 Å². The van der Waals surface area contributed by atoms with Crippen LogP contribution in [0, 0.1) is 6.92 Å². The Hall–Kier alpha value is -2.20. The minimum absolute atomic E-state index is 0.457. The molecular weight excluding hydrogens is 284 g/mol. The number of fused-ring (bicyclic) bond motifs is 2. The fraction of sp³-hybridized carbons (Fsp3) is 0.368. The third kappa shape index (κ3) is 2.53. The summed E-state index contributed by atoms with van der Waals surface area (Å²) in [7, 11) is 0. The van der Waals surface area contributed by atoms with Gasteiger partial charge in [-0.05, 0) is 48.1 Å². The first-order valence-corrected chi connectivity index (χ1v) is 8.35. The molecule has 0 fully saturated rings. The summed E-state index contributed by atoms with van der Waals surface area (Å²) in [5.41, 5.74) is 5.35. The first-order valence-electron chi connectivity index (χ1n) is 8.35. The number of hydrogen-bond acceptors (Lipinski definition) is 3. The minimum atomic E-state index is 0.457. The zero-order valence-corrected chi connectivity index (χ0v) is 13.7. The van der Waals surface area contributed by atoms with Gasteiger partial charge in [0.05, 0.1) is 0 Å². The van der Waals surface area contributed by atoms with E-state index in [0.717, 1.165) is 24.4 Å². The number of benzene rings is 1. The first-order chi connectivity index (χ1) is 11.2. The van der Waals surface area contributed by atoms with Crippen LogP contribution < -0.4 is 5.32 Å². The van der Waals surface area contributed by atoms with Crippen LogP contribution in [-0.2, 0) is 6.42 Å². The Labute approximate surface area is 136 Å². The molecule has 1 aromatic carbocycles. The van der Waals surface area contributed by atoms with Gasteiger partial charge in [-0.3, -0.25) is 4.40 Å². The third-order valence-corrected chi connectivity index (χ3v) is 4.94. The number of aryl methyl sites for hydroxylation is 1. The first kappa shape index (κ1) is 14.4. The Morgan fingerprint density at radius 1 is 1.17 bits per heavy atom. The van der Waals surface area contributed by atoms with E-state index in [9.17, 15) is 0 Å². The number of nitrogens with one attached hydrogen (secondary N) is 1. The predicted octanol–water partition coefficient (Wildman–Crippen LogP) is 3.42. The molecule has 0 aliphatic heterocycles. The Morgan fingerprint density at radius 2 is 2.09 bits per heavy atom. The number of pyridine rings is 1. The van der Waals surface area contributed by atoms with Gasteiger partial charge in [-0.25, -0.2) is 0 Å². The smallest absolute Gasteiger partial charge is 0.160 e. The summed E-state index contributed by atoms with van der Waals surface area (Å²) in [6, 6.07) is 13.1. The van der Waals surface area contributed by atoms with Crippen molar-refractivity contribution in [2.45, 2.75) is 38.6 Å². The molecule has 0 saturated heterocycles. The molecule has 4 heteroatoms. The molecule has 0 radical (unpaired) electrons. The van der Waals surface area contributed by atoms with Gasteiger partial charge in [-0.2, -0.15) is 0 Å². The zero-order chi connectivity index (χ0) is 15.8. The van der Waals surface area contributed by atoms with E-state index in [-0.39, 0.29) is 0 Å². The van der Waals surface area contributed by atoms with Crippen molar-refractivity contribution in [1.29, 1.82) is 0 Å². The molecule has 4 rings (SSSR count). The second-order valence-electron chi connectivity index (χ2n) is 6.52. The average Bonchev–Trinajstić information content (AvgIpc) is 3.11. The molecule has 23 heavy (non-hydrogen) atoms. The highest BCUT2D eigenvalue weighted by atomic mass is 15.2. The van der Waals surface area contributed by atoms with Gasteiger partial charge in [0.25, 0.3) is 0 Å². The van der Waals surface area contributed by atoms with Crippen LogP contribution in [-0.4, -0.2) is 21.1 Å². The van der Waals surface area contributed by atoms with Gasteiger partial charge in [-0.1, -0.05) is 31.2 Å². The molecule has 1 N–H and O–H groups in total. The molecule has 2 aromatic heterocycles. The highest BCUT2D eigenvalue weighted by Gasteiger charge is 2.28. The SMILES string of the molecule is Cc1cccc2c1[C@@H](C)C[C@H]2NCCc1nnc2ccccn12. The van der Waals surface area contributed by atoms with Crippen LogP contribution in [0.3, 0.4) is 0 Å². The van der Waals surface area contributed by atoms with Crippen molar-refractivity contribution in [3.63, 3.8) is 0 Å². The quantitative estimate of drug-likeness (QED) is 0.803. The van der Waals surface area contributed by atoms with Crippen LogP contribution >= 0.6 is 0 Å². The van der Waals surface area contributed by atoms with E-state index >= 15 is 0 Å². The summed E-state index contributed by atoms with van der Waals surface area (Å²) >= 11 is 0. The molecule has 118 valence electrons. The molecule has 2 heterocycles. The normalized spacial score (nSPS) is 20.1. The Morgan fingerprint density at radius 3 is 3.00 bits per heavy atom. The molecule has 0 bridgehead atoms. The van der Waals surface area contributed by atoms with Crippen molar-refractivity contribution < 1.29 is 0 Å². The predicted molar refractivity (Wildman–Crippen MR) is 91.6 cm³/mol. The van der Waals surface area contributed by atoms with Crippen molar-refractivity contribution in [1.82, 2.24) is 19.9 Å². The monoisotopic (exact) mass is 306 g/mol.